The first-order valence-corrected chi connectivity index (χ1v) is 9.58. The highest BCUT2D eigenvalue weighted by atomic mass is 19.4. The van der Waals surface area contributed by atoms with E-state index >= 15 is 0 Å². The zero-order valence-electron chi connectivity index (χ0n) is 18.0. The lowest BCUT2D eigenvalue weighted by Gasteiger charge is -2.16. The zero-order valence-corrected chi connectivity index (χ0v) is 18.0. The van der Waals surface area contributed by atoms with Crippen molar-refractivity contribution in [2.24, 2.45) is 4.99 Å². The molecule has 10 heteroatoms. The number of carbonyl (C=O) groups is 1. The Morgan fingerprint density at radius 2 is 1.77 bits per heavy atom. The number of benzene rings is 1. The SMILES string of the molecule is CN(C)C(=O)CNC(=NCc1cccc(C(F)(F)F)c1)NCc1cccc(N(C)C)n1. The Balaban J connectivity index is 2.14. The topological polar surface area (TPSA) is 72.9 Å². The number of guanidine groups is 1. The number of amides is 1. The average molecular weight is 436 g/mol. The van der Waals surface area contributed by atoms with Crippen molar-refractivity contribution in [3.05, 3.63) is 59.3 Å². The summed E-state index contributed by atoms with van der Waals surface area (Å²) in [7, 11) is 7.03. The van der Waals surface area contributed by atoms with Gasteiger partial charge in [0.15, 0.2) is 5.96 Å². The summed E-state index contributed by atoms with van der Waals surface area (Å²) in [6.45, 7) is 0.333. The zero-order chi connectivity index (χ0) is 23.0. The van der Waals surface area contributed by atoms with Crippen LogP contribution in [0.2, 0.25) is 0 Å². The van der Waals surface area contributed by atoms with Crippen LogP contribution in [0.25, 0.3) is 0 Å². The molecule has 0 saturated carbocycles. The number of halogens is 3. The van der Waals surface area contributed by atoms with Crippen LogP contribution in [0.1, 0.15) is 16.8 Å². The van der Waals surface area contributed by atoms with Gasteiger partial charge in [-0.15, -0.1) is 0 Å². The fourth-order valence-corrected chi connectivity index (χ4v) is 2.50. The molecule has 0 aliphatic rings. The molecule has 0 unspecified atom stereocenters. The molecule has 0 saturated heterocycles. The normalized spacial score (nSPS) is 11.8. The number of aromatic nitrogens is 1. The molecule has 2 rings (SSSR count). The minimum absolute atomic E-state index is 0.00735. The molecule has 0 atom stereocenters. The number of anilines is 1. The number of likely N-dealkylation sites (N-methyl/N-ethyl adjacent to an activating group) is 1. The van der Waals surface area contributed by atoms with Gasteiger partial charge in [0.2, 0.25) is 5.91 Å². The summed E-state index contributed by atoms with van der Waals surface area (Å²) in [5.41, 5.74) is 0.427. The van der Waals surface area contributed by atoms with Gasteiger partial charge in [0.1, 0.15) is 5.82 Å². The Kier molecular flexibility index (Phi) is 8.23. The van der Waals surface area contributed by atoms with Crippen LogP contribution in [-0.4, -0.2) is 56.5 Å². The molecule has 2 aromatic rings. The first kappa shape index (κ1) is 24.0. The summed E-state index contributed by atoms with van der Waals surface area (Å²) in [5, 5.41) is 5.99. The largest absolute Gasteiger partial charge is 0.416 e. The van der Waals surface area contributed by atoms with Gasteiger partial charge in [0.05, 0.1) is 30.9 Å². The van der Waals surface area contributed by atoms with Crippen molar-refractivity contribution in [1.29, 1.82) is 0 Å². The Bertz CT molecular complexity index is 912. The van der Waals surface area contributed by atoms with Crippen LogP contribution in [0.3, 0.4) is 0 Å². The molecule has 1 aromatic heterocycles. The van der Waals surface area contributed by atoms with E-state index in [1.54, 1.807) is 20.2 Å². The average Bonchev–Trinajstić information content (AvgIpc) is 2.72. The van der Waals surface area contributed by atoms with E-state index in [1.165, 1.54) is 11.0 Å². The van der Waals surface area contributed by atoms with Crippen molar-refractivity contribution in [3.8, 4) is 0 Å². The number of rotatable bonds is 7. The van der Waals surface area contributed by atoms with Gasteiger partial charge in [-0.25, -0.2) is 9.98 Å². The Morgan fingerprint density at radius 1 is 1.06 bits per heavy atom. The molecule has 0 aliphatic heterocycles. The maximum absolute atomic E-state index is 12.9. The van der Waals surface area contributed by atoms with Crippen molar-refractivity contribution in [1.82, 2.24) is 20.5 Å². The maximum Gasteiger partial charge on any atom is 0.416 e. The van der Waals surface area contributed by atoms with Gasteiger partial charge in [0, 0.05) is 28.2 Å². The smallest absolute Gasteiger partial charge is 0.363 e. The lowest BCUT2D eigenvalue weighted by molar-refractivity contribution is -0.137. The first-order chi connectivity index (χ1) is 14.6. The molecule has 0 aliphatic carbocycles. The van der Waals surface area contributed by atoms with Crippen LogP contribution >= 0.6 is 0 Å². The van der Waals surface area contributed by atoms with E-state index in [4.69, 9.17) is 0 Å². The molecule has 0 spiro atoms. The second-order valence-corrected chi connectivity index (χ2v) is 7.24. The van der Waals surface area contributed by atoms with E-state index in [1.807, 2.05) is 37.2 Å². The van der Waals surface area contributed by atoms with E-state index in [0.717, 1.165) is 23.6 Å². The first-order valence-electron chi connectivity index (χ1n) is 9.58. The molecule has 0 bridgehead atoms. The van der Waals surface area contributed by atoms with Crippen molar-refractivity contribution >= 4 is 17.7 Å². The molecule has 7 nitrogen and oxygen atoms in total. The van der Waals surface area contributed by atoms with Gasteiger partial charge >= 0.3 is 6.18 Å². The summed E-state index contributed by atoms with van der Waals surface area (Å²) in [6, 6.07) is 10.6. The third kappa shape index (κ3) is 7.80. The maximum atomic E-state index is 12.9. The molecule has 2 N–H and O–H groups in total. The Hall–Kier alpha value is -3.30. The van der Waals surface area contributed by atoms with Gasteiger partial charge in [-0.1, -0.05) is 18.2 Å². The number of nitrogens with zero attached hydrogens (tertiary/aromatic N) is 4. The minimum atomic E-state index is -4.42. The molecule has 0 radical (unpaired) electrons. The Morgan fingerprint density at radius 3 is 2.42 bits per heavy atom. The van der Waals surface area contributed by atoms with Crippen LogP contribution in [0.15, 0.2) is 47.5 Å². The lowest BCUT2D eigenvalue weighted by atomic mass is 10.1. The van der Waals surface area contributed by atoms with E-state index < -0.39 is 11.7 Å². The molecular weight excluding hydrogens is 409 g/mol. The van der Waals surface area contributed by atoms with Gasteiger partial charge in [-0.3, -0.25) is 4.79 Å². The van der Waals surface area contributed by atoms with Crippen LogP contribution in [0.5, 0.6) is 0 Å². The quantitative estimate of drug-likeness (QED) is 0.516. The number of alkyl halides is 3. The van der Waals surface area contributed by atoms with Crippen molar-refractivity contribution in [2.45, 2.75) is 19.3 Å². The lowest BCUT2D eigenvalue weighted by Crippen LogP contribution is -2.42. The highest BCUT2D eigenvalue weighted by Gasteiger charge is 2.30. The highest BCUT2D eigenvalue weighted by Crippen LogP contribution is 2.29. The summed E-state index contributed by atoms with van der Waals surface area (Å²) < 4.78 is 38.8. The van der Waals surface area contributed by atoms with E-state index in [2.05, 4.69) is 20.6 Å². The second kappa shape index (κ2) is 10.6. The molecule has 31 heavy (non-hydrogen) atoms. The molecule has 1 amide bonds. The van der Waals surface area contributed by atoms with Crippen LogP contribution in [0, 0.1) is 0 Å². The molecule has 1 heterocycles. The summed E-state index contributed by atoms with van der Waals surface area (Å²) in [6.07, 6.45) is -4.42. The number of carbonyl (C=O) groups excluding carboxylic acids is 1. The van der Waals surface area contributed by atoms with Crippen molar-refractivity contribution in [3.63, 3.8) is 0 Å². The third-order valence-corrected chi connectivity index (χ3v) is 4.27. The van der Waals surface area contributed by atoms with Crippen molar-refractivity contribution < 1.29 is 18.0 Å². The van der Waals surface area contributed by atoms with Gasteiger partial charge in [0.25, 0.3) is 0 Å². The van der Waals surface area contributed by atoms with Crippen LogP contribution in [0.4, 0.5) is 19.0 Å². The third-order valence-electron chi connectivity index (χ3n) is 4.27. The second-order valence-electron chi connectivity index (χ2n) is 7.24. The molecule has 168 valence electrons. The summed E-state index contributed by atoms with van der Waals surface area (Å²) in [5.74, 6) is 0.920. The number of aliphatic imine (C=N–C) groups is 1. The van der Waals surface area contributed by atoms with E-state index in [-0.39, 0.29) is 19.0 Å². The van der Waals surface area contributed by atoms with Crippen LogP contribution in [-0.2, 0) is 24.1 Å². The predicted molar refractivity (Wildman–Crippen MR) is 115 cm³/mol. The van der Waals surface area contributed by atoms with Gasteiger partial charge in [-0.2, -0.15) is 13.2 Å². The monoisotopic (exact) mass is 436 g/mol. The van der Waals surface area contributed by atoms with E-state index in [0.29, 0.717) is 18.1 Å². The molecular formula is C21H27F3N6O. The summed E-state index contributed by atoms with van der Waals surface area (Å²) in [4.78, 5) is 24.1. The number of hydrogen-bond acceptors (Lipinski definition) is 4. The van der Waals surface area contributed by atoms with Crippen LogP contribution < -0.4 is 15.5 Å². The van der Waals surface area contributed by atoms with E-state index in [9.17, 15) is 18.0 Å². The van der Waals surface area contributed by atoms with Crippen molar-refractivity contribution in [2.75, 3.05) is 39.6 Å². The Labute approximate surface area is 180 Å². The number of pyridine rings is 1. The fraction of sp³-hybridized carbons (Fsp3) is 0.381. The predicted octanol–water partition coefficient (Wildman–Crippen LogP) is 2.49. The number of hydrogen-bond donors (Lipinski definition) is 2. The summed E-state index contributed by atoms with van der Waals surface area (Å²) >= 11 is 0. The number of nitrogens with one attached hydrogen (secondary N) is 2. The molecule has 1 aromatic carbocycles. The fourth-order valence-electron chi connectivity index (χ4n) is 2.50. The van der Waals surface area contributed by atoms with Gasteiger partial charge in [-0.05, 0) is 29.8 Å². The van der Waals surface area contributed by atoms with Gasteiger partial charge < -0.3 is 20.4 Å². The standard InChI is InChI=1S/C21H27F3N6O/c1-29(2)18-10-6-9-17(28-18)13-26-20(27-14-19(31)30(3)4)25-12-15-7-5-8-16(11-15)21(22,23)24/h5-11H,12-14H2,1-4H3,(H2,25,26,27). The highest BCUT2D eigenvalue weighted by molar-refractivity contribution is 5.86. The molecule has 0 fully saturated rings. The minimum Gasteiger partial charge on any atom is -0.363 e.